The van der Waals surface area contributed by atoms with Gasteiger partial charge in [0.15, 0.2) is 0 Å². The third-order valence-corrected chi connectivity index (χ3v) is 4.26. The van der Waals surface area contributed by atoms with Gasteiger partial charge in [-0.05, 0) is 36.2 Å². The minimum Gasteiger partial charge on any atom is -0.469 e. The van der Waals surface area contributed by atoms with Gasteiger partial charge in [0.1, 0.15) is 0 Å². The minimum atomic E-state index is -0.476. The number of nitrogen functional groups attached to an aromatic ring is 1. The standard InChI is InChI=1S/C18H18Cl2N2O3/c1-25-16(23)10-13(9-11-5-7-12(21)8-6-11)22-18(24)17-14(19)3-2-4-15(17)20/h2-8,13H,9-10,21H2,1H3,(H,22,24). The maximum atomic E-state index is 12.6. The molecule has 0 fully saturated rings. The molecule has 0 aliphatic rings. The first kappa shape index (κ1) is 19.1. The zero-order valence-corrected chi connectivity index (χ0v) is 15.1. The molecule has 2 aromatic carbocycles. The number of methoxy groups -OCH3 is 1. The molecule has 0 aliphatic carbocycles. The smallest absolute Gasteiger partial charge is 0.307 e. The molecule has 2 rings (SSSR count). The van der Waals surface area contributed by atoms with Crippen LogP contribution >= 0.6 is 23.2 Å². The number of rotatable bonds is 6. The maximum Gasteiger partial charge on any atom is 0.307 e. The van der Waals surface area contributed by atoms with E-state index in [-0.39, 0.29) is 22.0 Å². The number of benzene rings is 2. The molecule has 2 aromatic rings. The number of hydrogen-bond acceptors (Lipinski definition) is 4. The number of carbonyl (C=O) groups excluding carboxylic acids is 2. The molecule has 7 heteroatoms. The molecule has 0 bridgehead atoms. The van der Waals surface area contributed by atoms with Crippen molar-refractivity contribution in [1.29, 1.82) is 0 Å². The fourth-order valence-electron chi connectivity index (χ4n) is 2.37. The Morgan fingerprint density at radius 3 is 2.28 bits per heavy atom. The summed E-state index contributed by atoms with van der Waals surface area (Å²) in [7, 11) is 1.30. The van der Waals surface area contributed by atoms with Crippen LogP contribution in [-0.2, 0) is 16.0 Å². The van der Waals surface area contributed by atoms with Crippen molar-refractivity contribution in [1.82, 2.24) is 5.32 Å². The summed E-state index contributed by atoms with van der Waals surface area (Å²) in [6.07, 6.45) is 0.456. The van der Waals surface area contributed by atoms with Crippen LogP contribution in [0.3, 0.4) is 0 Å². The van der Waals surface area contributed by atoms with Crippen molar-refractivity contribution < 1.29 is 14.3 Å². The van der Waals surface area contributed by atoms with Gasteiger partial charge >= 0.3 is 5.97 Å². The van der Waals surface area contributed by atoms with E-state index in [1.807, 2.05) is 12.1 Å². The largest absolute Gasteiger partial charge is 0.469 e. The van der Waals surface area contributed by atoms with Gasteiger partial charge in [-0.15, -0.1) is 0 Å². The second-order valence-electron chi connectivity index (χ2n) is 5.49. The Labute approximate surface area is 156 Å². The fraction of sp³-hybridized carbons (Fsp3) is 0.222. The van der Waals surface area contributed by atoms with Gasteiger partial charge in [0.05, 0.1) is 29.1 Å². The lowest BCUT2D eigenvalue weighted by Gasteiger charge is -2.19. The second-order valence-corrected chi connectivity index (χ2v) is 6.31. The van der Waals surface area contributed by atoms with Crippen LogP contribution in [0.5, 0.6) is 0 Å². The van der Waals surface area contributed by atoms with Crippen LogP contribution in [0, 0.1) is 0 Å². The van der Waals surface area contributed by atoms with Crippen molar-refractivity contribution in [2.45, 2.75) is 18.9 Å². The molecule has 0 aliphatic heterocycles. The highest BCUT2D eigenvalue weighted by Crippen LogP contribution is 2.24. The molecule has 1 atom stereocenters. The van der Waals surface area contributed by atoms with E-state index >= 15 is 0 Å². The number of amides is 1. The molecular formula is C18H18Cl2N2O3. The molecule has 0 spiro atoms. The number of halogens is 2. The van der Waals surface area contributed by atoms with E-state index < -0.39 is 17.9 Å². The van der Waals surface area contributed by atoms with E-state index in [9.17, 15) is 9.59 Å². The molecule has 1 unspecified atom stereocenters. The Kier molecular flexibility index (Phi) is 6.67. The summed E-state index contributed by atoms with van der Waals surface area (Å²) in [6.45, 7) is 0. The van der Waals surface area contributed by atoms with Crippen LogP contribution in [0.25, 0.3) is 0 Å². The highest BCUT2D eigenvalue weighted by atomic mass is 35.5. The maximum absolute atomic E-state index is 12.6. The summed E-state index contributed by atoms with van der Waals surface area (Å²) >= 11 is 12.1. The monoisotopic (exact) mass is 380 g/mol. The van der Waals surface area contributed by atoms with Crippen molar-refractivity contribution in [3.05, 3.63) is 63.6 Å². The number of nitrogens with two attached hydrogens (primary N) is 1. The van der Waals surface area contributed by atoms with Gasteiger partial charge in [-0.3, -0.25) is 9.59 Å². The predicted octanol–water partition coefficient (Wildman–Crippen LogP) is 3.48. The van der Waals surface area contributed by atoms with E-state index in [0.29, 0.717) is 12.1 Å². The van der Waals surface area contributed by atoms with Gasteiger partial charge in [-0.1, -0.05) is 41.4 Å². The lowest BCUT2D eigenvalue weighted by Crippen LogP contribution is -2.38. The van der Waals surface area contributed by atoms with Crippen LogP contribution in [0.4, 0.5) is 5.69 Å². The number of carbonyl (C=O) groups is 2. The van der Waals surface area contributed by atoms with Gasteiger partial charge in [-0.2, -0.15) is 0 Å². The lowest BCUT2D eigenvalue weighted by atomic mass is 10.0. The molecule has 0 aromatic heterocycles. The SMILES string of the molecule is COC(=O)CC(Cc1ccc(N)cc1)NC(=O)c1c(Cl)cccc1Cl. The van der Waals surface area contributed by atoms with Gasteiger partial charge in [0.25, 0.3) is 5.91 Å². The first-order chi connectivity index (χ1) is 11.9. The summed E-state index contributed by atoms with van der Waals surface area (Å²) in [5, 5.41) is 3.29. The van der Waals surface area contributed by atoms with Crippen LogP contribution < -0.4 is 11.1 Å². The zero-order chi connectivity index (χ0) is 18.4. The summed E-state index contributed by atoms with van der Waals surface area (Å²) in [4.78, 5) is 24.2. The third-order valence-electron chi connectivity index (χ3n) is 3.63. The Morgan fingerprint density at radius 1 is 1.12 bits per heavy atom. The summed E-state index contributed by atoms with van der Waals surface area (Å²) in [5.74, 6) is -0.869. The third kappa shape index (κ3) is 5.37. The van der Waals surface area contributed by atoms with Crippen molar-refractivity contribution in [3.63, 3.8) is 0 Å². The highest BCUT2D eigenvalue weighted by Gasteiger charge is 2.21. The highest BCUT2D eigenvalue weighted by molar-refractivity contribution is 6.39. The Hall–Kier alpha value is -2.24. The quantitative estimate of drug-likeness (QED) is 0.593. The van der Waals surface area contributed by atoms with Crippen LogP contribution in [-0.4, -0.2) is 25.0 Å². The number of nitrogens with one attached hydrogen (secondary N) is 1. The van der Waals surface area contributed by atoms with E-state index in [1.54, 1.807) is 30.3 Å². The van der Waals surface area contributed by atoms with E-state index in [2.05, 4.69) is 5.32 Å². The Morgan fingerprint density at radius 2 is 1.72 bits per heavy atom. The average Bonchev–Trinajstić information content (AvgIpc) is 2.56. The van der Waals surface area contributed by atoms with Crippen molar-refractivity contribution in [2.24, 2.45) is 0 Å². The minimum absolute atomic E-state index is 0.0225. The fourth-order valence-corrected chi connectivity index (χ4v) is 2.94. The second kappa shape index (κ2) is 8.74. The summed E-state index contributed by atoms with van der Waals surface area (Å²) in [6, 6.07) is 11.5. The summed E-state index contributed by atoms with van der Waals surface area (Å²) in [5.41, 5.74) is 7.42. The van der Waals surface area contributed by atoms with Crippen molar-refractivity contribution >= 4 is 40.8 Å². The van der Waals surface area contributed by atoms with E-state index in [0.717, 1.165) is 5.56 Å². The van der Waals surface area contributed by atoms with Crippen molar-refractivity contribution in [3.8, 4) is 0 Å². The Balaban J connectivity index is 2.18. The van der Waals surface area contributed by atoms with Crippen LogP contribution in [0.2, 0.25) is 10.0 Å². The molecule has 0 saturated carbocycles. The Bertz CT molecular complexity index is 743. The van der Waals surface area contributed by atoms with Gasteiger partial charge in [0, 0.05) is 11.7 Å². The molecular weight excluding hydrogens is 363 g/mol. The molecule has 0 saturated heterocycles. The predicted molar refractivity (Wildman–Crippen MR) is 98.9 cm³/mol. The number of esters is 1. The molecule has 5 nitrogen and oxygen atoms in total. The zero-order valence-electron chi connectivity index (χ0n) is 13.6. The molecule has 0 radical (unpaired) electrons. The van der Waals surface area contributed by atoms with Crippen LogP contribution in [0.15, 0.2) is 42.5 Å². The first-order valence-corrected chi connectivity index (χ1v) is 8.32. The number of hydrogen-bond donors (Lipinski definition) is 2. The number of ether oxygens (including phenoxy) is 1. The van der Waals surface area contributed by atoms with Gasteiger partial charge < -0.3 is 15.8 Å². The lowest BCUT2D eigenvalue weighted by molar-refractivity contribution is -0.141. The molecule has 132 valence electrons. The molecule has 25 heavy (non-hydrogen) atoms. The summed E-state index contributed by atoms with van der Waals surface area (Å²) < 4.78 is 4.71. The van der Waals surface area contributed by atoms with E-state index in [4.69, 9.17) is 33.7 Å². The molecule has 0 heterocycles. The van der Waals surface area contributed by atoms with E-state index in [1.165, 1.54) is 7.11 Å². The van der Waals surface area contributed by atoms with Crippen LogP contribution in [0.1, 0.15) is 22.3 Å². The normalized spacial score (nSPS) is 11.6. The molecule has 3 N–H and O–H groups in total. The average molecular weight is 381 g/mol. The number of anilines is 1. The van der Waals surface area contributed by atoms with Gasteiger partial charge in [0.2, 0.25) is 0 Å². The topological polar surface area (TPSA) is 81.4 Å². The van der Waals surface area contributed by atoms with Crippen molar-refractivity contribution in [2.75, 3.05) is 12.8 Å². The van der Waals surface area contributed by atoms with Gasteiger partial charge in [-0.25, -0.2) is 0 Å². The molecule has 1 amide bonds. The first-order valence-electron chi connectivity index (χ1n) is 7.56.